The maximum Gasteiger partial charge on any atom is 0.322 e. The SMILES string of the molecule is CC(C)(C)COc1ccc(C23CCCCC2=CN(CCC(=O)O)C(=O)N3)cc1Cl. The lowest BCUT2D eigenvalue weighted by molar-refractivity contribution is -0.137. The third kappa shape index (κ3) is 4.86. The number of amides is 2. The third-order valence-electron chi connectivity index (χ3n) is 5.34. The number of hydrogen-bond donors (Lipinski definition) is 2. The molecule has 1 saturated carbocycles. The van der Waals surface area contributed by atoms with E-state index in [4.69, 9.17) is 21.4 Å². The van der Waals surface area contributed by atoms with Gasteiger partial charge in [-0.2, -0.15) is 0 Å². The maximum absolute atomic E-state index is 12.7. The molecule has 158 valence electrons. The number of urea groups is 1. The van der Waals surface area contributed by atoms with Crippen molar-refractivity contribution >= 4 is 23.6 Å². The highest BCUT2D eigenvalue weighted by atomic mass is 35.5. The second-order valence-electron chi connectivity index (χ2n) is 9.03. The van der Waals surface area contributed by atoms with E-state index in [2.05, 4.69) is 26.1 Å². The van der Waals surface area contributed by atoms with E-state index >= 15 is 0 Å². The van der Waals surface area contributed by atoms with Crippen LogP contribution in [0.25, 0.3) is 0 Å². The molecule has 2 aliphatic rings. The third-order valence-corrected chi connectivity index (χ3v) is 5.64. The van der Waals surface area contributed by atoms with Crippen molar-refractivity contribution in [2.75, 3.05) is 13.2 Å². The van der Waals surface area contributed by atoms with E-state index in [0.717, 1.165) is 36.8 Å². The van der Waals surface area contributed by atoms with Crippen molar-refractivity contribution in [3.05, 3.63) is 40.6 Å². The first kappa shape index (κ1) is 21.5. The van der Waals surface area contributed by atoms with Crippen molar-refractivity contribution in [3.8, 4) is 5.75 Å². The molecule has 3 rings (SSSR count). The van der Waals surface area contributed by atoms with Crippen LogP contribution in [0.1, 0.15) is 58.4 Å². The van der Waals surface area contributed by atoms with Crippen LogP contribution in [-0.2, 0) is 10.3 Å². The minimum atomic E-state index is -0.922. The first-order valence-electron chi connectivity index (χ1n) is 10.1. The molecule has 0 aromatic heterocycles. The van der Waals surface area contributed by atoms with E-state index in [-0.39, 0.29) is 24.4 Å². The van der Waals surface area contributed by atoms with Crippen molar-refractivity contribution in [2.45, 2.75) is 58.4 Å². The smallest absolute Gasteiger partial charge is 0.322 e. The van der Waals surface area contributed by atoms with E-state index < -0.39 is 11.5 Å². The molecule has 0 bridgehead atoms. The van der Waals surface area contributed by atoms with Crippen molar-refractivity contribution in [3.63, 3.8) is 0 Å². The zero-order valence-corrected chi connectivity index (χ0v) is 18.0. The molecule has 0 radical (unpaired) electrons. The van der Waals surface area contributed by atoms with E-state index in [0.29, 0.717) is 17.4 Å². The average molecular weight is 421 g/mol. The number of rotatable bonds is 6. The Hall–Kier alpha value is -2.21. The molecular weight excluding hydrogens is 392 g/mol. The number of benzene rings is 1. The monoisotopic (exact) mass is 420 g/mol. The summed E-state index contributed by atoms with van der Waals surface area (Å²) in [5.41, 5.74) is 1.45. The first-order valence-corrected chi connectivity index (χ1v) is 10.4. The van der Waals surface area contributed by atoms with Crippen molar-refractivity contribution in [1.29, 1.82) is 0 Å². The highest BCUT2D eigenvalue weighted by Gasteiger charge is 2.43. The largest absolute Gasteiger partial charge is 0.491 e. The molecule has 29 heavy (non-hydrogen) atoms. The molecule has 1 heterocycles. The van der Waals surface area contributed by atoms with Gasteiger partial charge in [0.05, 0.1) is 23.6 Å². The Morgan fingerprint density at radius 3 is 2.76 bits per heavy atom. The van der Waals surface area contributed by atoms with Gasteiger partial charge in [-0.1, -0.05) is 44.9 Å². The van der Waals surface area contributed by atoms with Gasteiger partial charge in [-0.3, -0.25) is 4.79 Å². The van der Waals surface area contributed by atoms with Crippen LogP contribution in [0.5, 0.6) is 5.75 Å². The van der Waals surface area contributed by atoms with Crippen LogP contribution in [0.15, 0.2) is 30.0 Å². The number of nitrogens with one attached hydrogen (secondary N) is 1. The zero-order valence-electron chi connectivity index (χ0n) is 17.3. The lowest BCUT2D eigenvalue weighted by atomic mass is 9.72. The van der Waals surface area contributed by atoms with Crippen LogP contribution in [0.3, 0.4) is 0 Å². The number of ether oxygens (including phenoxy) is 1. The standard InChI is InChI=1S/C22H29ClN2O4/c1-21(2,3)14-29-18-8-7-15(12-17(18)23)22-10-5-4-6-16(22)13-25(20(28)24-22)11-9-19(26)27/h7-8,12-13H,4-6,9-11,14H2,1-3H3,(H,24,28)(H,26,27). The van der Waals surface area contributed by atoms with Gasteiger partial charge in [-0.05, 0) is 47.9 Å². The number of carbonyl (C=O) groups is 2. The van der Waals surface area contributed by atoms with Gasteiger partial charge in [0.15, 0.2) is 0 Å². The number of aliphatic carboxylic acids is 1. The Balaban J connectivity index is 1.89. The number of carbonyl (C=O) groups excluding carboxylic acids is 1. The van der Waals surface area contributed by atoms with Gasteiger partial charge in [0, 0.05) is 12.7 Å². The summed E-state index contributed by atoms with van der Waals surface area (Å²) in [6.07, 6.45) is 5.41. The number of halogens is 1. The first-order chi connectivity index (χ1) is 13.6. The summed E-state index contributed by atoms with van der Waals surface area (Å²) >= 11 is 6.52. The van der Waals surface area contributed by atoms with Gasteiger partial charge in [0.25, 0.3) is 0 Å². The van der Waals surface area contributed by atoms with E-state index in [9.17, 15) is 9.59 Å². The summed E-state index contributed by atoms with van der Waals surface area (Å²) < 4.78 is 5.87. The van der Waals surface area contributed by atoms with Gasteiger partial charge in [-0.25, -0.2) is 4.79 Å². The van der Waals surface area contributed by atoms with Gasteiger partial charge < -0.3 is 20.1 Å². The summed E-state index contributed by atoms with van der Waals surface area (Å²) in [7, 11) is 0. The Morgan fingerprint density at radius 2 is 2.10 bits per heavy atom. The van der Waals surface area contributed by atoms with E-state index in [1.165, 1.54) is 4.90 Å². The maximum atomic E-state index is 12.7. The fourth-order valence-electron chi connectivity index (χ4n) is 3.86. The zero-order chi connectivity index (χ0) is 21.2. The summed E-state index contributed by atoms with van der Waals surface area (Å²) in [5.74, 6) is -0.289. The minimum Gasteiger partial charge on any atom is -0.491 e. The summed E-state index contributed by atoms with van der Waals surface area (Å²) in [5, 5.41) is 12.6. The number of hydrogen-bond acceptors (Lipinski definition) is 3. The molecular formula is C22H29ClN2O4. The fourth-order valence-corrected chi connectivity index (χ4v) is 4.09. The Morgan fingerprint density at radius 1 is 1.34 bits per heavy atom. The Kier molecular flexibility index (Phi) is 6.13. The molecule has 1 aliphatic carbocycles. The van der Waals surface area contributed by atoms with Crippen LogP contribution in [0.4, 0.5) is 4.79 Å². The molecule has 1 fully saturated rings. The summed E-state index contributed by atoms with van der Waals surface area (Å²) in [4.78, 5) is 25.1. The predicted molar refractivity (Wildman–Crippen MR) is 112 cm³/mol. The van der Waals surface area contributed by atoms with Crippen molar-refractivity contribution in [2.24, 2.45) is 5.41 Å². The van der Waals surface area contributed by atoms with E-state index in [1.807, 2.05) is 24.4 Å². The molecule has 2 N–H and O–H groups in total. The molecule has 0 saturated heterocycles. The fraction of sp³-hybridized carbons (Fsp3) is 0.545. The molecule has 6 nitrogen and oxygen atoms in total. The highest BCUT2D eigenvalue weighted by Crippen LogP contribution is 2.45. The molecule has 2 amide bonds. The lowest BCUT2D eigenvalue weighted by Gasteiger charge is -2.45. The predicted octanol–water partition coefficient (Wildman–Crippen LogP) is 4.92. The highest BCUT2D eigenvalue weighted by molar-refractivity contribution is 6.32. The Labute approximate surface area is 176 Å². The molecule has 1 aromatic carbocycles. The molecule has 0 spiro atoms. The van der Waals surface area contributed by atoms with Gasteiger partial charge in [0.2, 0.25) is 0 Å². The van der Waals surface area contributed by atoms with Crippen molar-refractivity contribution in [1.82, 2.24) is 10.2 Å². The summed E-state index contributed by atoms with van der Waals surface area (Å²) in [6.45, 7) is 7.00. The second kappa shape index (κ2) is 8.27. The normalized spacial score (nSPS) is 21.9. The Bertz CT molecular complexity index is 831. The quantitative estimate of drug-likeness (QED) is 0.684. The topological polar surface area (TPSA) is 78.9 Å². The number of nitrogens with zero attached hydrogens (tertiary/aromatic N) is 1. The van der Waals surface area contributed by atoms with Crippen LogP contribution in [0.2, 0.25) is 5.02 Å². The second-order valence-corrected chi connectivity index (χ2v) is 9.44. The average Bonchev–Trinajstić information content (AvgIpc) is 2.64. The molecule has 7 heteroatoms. The van der Waals surface area contributed by atoms with Gasteiger partial charge in [-0.15, -0.1) is 0 Å². The minimum absolute atomic E-state index is 0.0245. The number of carboxylic acids is 1. The van der Waals surface area contributed by atoms with Crippen molar-refractivity contribution < 1.29 is 19.4 Å². The van der Waals surface area contributed by atoms with Crippen LogP contribution in [-0.4, -0.2) is 35.2 Å². The summed E-state index contributed by atoms with van der Waals surface area (Å²) in [6, 6.07) is 5.44. The van der Waals surface area contributed by atoms with Crippen LogP contribution in [0, 0.1) is 5.41 Å². The molecule has 1 unspecified atom stereocenters. The van der Waals surface area contributed by atoms with Gasteiger partial charge in [0.1, 0.15) is 5.75 Å². The van der Waals surface area contributed by atoms with Crippen LogP contribution < -0.4 is 10.1 Å². The molecule has 1 aliphatic heterocycles. The van der Waals surface area contributed by atoms with Gasteiger partial charge >= 0.3 is 12.0 Å². The lowest BCUT2D eigenvalue weighted by Crippen LogP contribution is -2.56. The molecule has 1 aromatic rings. The van der Waals surface area contributed by atoms with Crippen LogP contribution >= 0.6 is 11.6 Å². The number of carboxylic acid groups (broad SMARTS) is 1. The van der Waals surface area contributed by atoms with E-state index in [1.54, 1.807) is 0 Å². The molecule has 1 atom stereocenters. The number of fused-ring (bicyclic) bond motifs is 1.